The maximum absolute atomic E-state index is 10.9. The SMILES string of the molecule is O=CC1(c2ccccc2)COCO1. The normalized spacial score (nSPS) is 27.4. The zero-order valence-electron chi connectivity index (χ0n) is 7.10. The van der Waals surface area contributed by atoms with Crippen LogP contribution in [0.25, 0.3) is 0 Å². The summed E-state index contributed by atoms with van der Waals surface area (Å²) in [5.74, 6) is 0. The zero-order valence-corrected chi connectivity index (χ0v) is 7.10. The Labute approximate surface area is 76.3 Å². The van der Waals surface area contributed by atoms with E-state index in [-0.39, 0.29) is 6.79 Å². The molecule has 0 saturated carbocycles. The van der Waals surface area contributed by atoms with E-state index >= 15 is 0 Å². The number of ether oxygens (including phenoxy) is 2. The maximum atomic E-state index is 10.9. The largest absolute Gasteiger partial charge is 0.352 e. The van der Waals surface area contributed by atoms with Gasteiger partial charge in [0.25, 0.3) is 0 Å². The highest BCUT2D eigenvalue weighted by Crippen LogP contribution is 2.27. The molecule has 3 heteroatoms. The molecule has 2 rings (SSSR count). The number of benzene rings is 1. The molecule has 0 radical (unpaired) electrons. The minimum Gasteiger partial charge on any atom is -0.352 e. The molecule has 1 saturated heterocycles. The highest BCUT2D eigenvalue weighted by molar-refractivity contribution is 5.66. The van der Waals surface area contributed by atoms with Crippen LogP contribution in [0.4, 0.5) is 0 Å². The Morgan fingerprint density at radius 2 is 2.08 bits per heavy atom. The van der Waals surface area contributed by atoms with Crippen LogP contribution in [0.1, 0.15) is 5.56 Å². The monoisotopic (exact) mass is 178 g/mol. The van der Waals surface area contributed by atoms with Gasteiger partial charge in [-0.3, -0.25) is 4.79 Å². The topological polar surface area (TPSA) is 35.5 Å². The molecule has 0 N–H and O–H groups in total. The van der Waals surface area contributed by atoms with Crippen LogP contribution in [0.15, 0.2) is 30.3 Å². The molecule has 1 aliphatic rings. The predicted octanol–water partition coefficient (Wildman–Crippen LogP) is 1.09. The molecule has 1 aliphatic heterocycles. The molecule has 0 spiro atoms. The van der Waals surface area contributed by atoms with Crippen molar-refractivity contribution >= 4 is 6.29 Å². The number of carbonyl (C=O) groups is 1. The van der Waals surface area contributed by atoms with E-state index in [1.807, 2.05) is 30.3 Å². The predicted molar refractivity (Wildman–Crippen MR) is 46.1 cm³/mol. The van der Waals surface area contributed by atoms with Crippen molar-refractivity contribution < 1.29 is 14.3 Å². The first-order chi connectivity index (χ1) is 6.37. The second kappa shape index (κ2) is 3.28. The number of rotatable bonds is 2. The summed E-state index contributed by atoms with van der Waals surface area (Å²) in [5.41, 5.74) is -0.0242. The Morgan fingerprint density at radius 3 is 2.62 bits per heavy atom. The number of carbonyl (C=O) groups excluding carboxylic acids is 1. The first-order valence-corrected chi connectivity index (χ1v) is 4.11. The third-order valence-electron chi connectivity index (χ3n) is 2.17. The molecule has 3 nitrogen and oxygen atoms in total. The highest BCUT2D eigenvalue weighted by Gasteiger charge is 2.37. The van der Waals surface area contributed by atoms with Crippen molar-refractivity contribution in [2.45, 2.75) is 5.60 Å². The lowest BCUT2D eigenvalue weighted by Crippen LogP contribution is -2.30. The van der Waals surface area contributed by atoms with Crippen LogP contribution in [0.2, 0.25) is 0 Å². The number of hydrogen-bond donors (Lipinski definition) is 0. The number of aldehydes is 1. The van der Waals surface area contributed by atoms with Gasteiger partial charge in [-0.05, 0) is 5.56 Å². The molecule has 1 aromatic carbocycles. The third kappa shape index (κ3) is 1.36. The van der Waals surface area contributed by atoms with E-state index in [9.17, 15) is 4.79 Å². The molecular weight excluding hydrogens is 168 g/mol. The van der Waals surface area contributed by atoms with E-state index in [1.54, 1.807) is 0 Å². The van der Waals surface area contributed by atoms with Gasteiger partial charge in [0, 0.05) is 0 Å². The quantitative estimate of drug-likeness (QED) is 0.636. The second-order valence-corrected chi connectivity index (χ2v) is 2.98. The molecular formula is C10H10O3. The highest BCUT2D eigenvalue weighted by atomic mass is 16.7. The van der Waals surface area contributed by atoms with Crippen LogP contribution >= 0.6 is 0 Å². The second-order valence-electron chi connectivity index (χ2n) is 2.98. The molecule has 68 valence electrons. The van der Waals surface area contributed by atoms with Crippen LogP contribution in [0, 0.1) is 0 Å². The van der Waals surface area contributed by atoms with E-state index < -0.39 is 5.60 Å². The van der Waals surface area contributed by atoms with Crippen molar-refractivity contribution in [1.82, 2.24) is 0 Å². The Hall–Kier alpha value is -1.19. The lowest BCUT2D eigenvalue weighted by atomic mass is 9.97. The summed E-state index contributed by atoms with van der Waals surface area (Å²) in [6.45, 7) is 0.494. The van der Waals surface area contributed by atoms with Crippen LogP contribution in [-0.4, -0.2) is 19.7 Å². The third-order valence-corrected chi connectivity index (χ3v) is 2.17. The van der Waals surface area contributed by atoms with Crippen molar-refractivity contribution in [3.05, 3.63) is 35.9 Å². The fraction of sp³-hybridized carbons (Fsp3) is 0.300. The lowest BCUT2D eigenvalue weighted by Gasteiger charge is -2.19. The summed E-state index contributed by atoms with van der Waals surface area (Å²) >= 11 is 0. The zero-order chi connectivity index (χ0) is 9.15. The standard InChI is InChI=1S/C10H10O3/c11-6-10(7-12-8-13-10)9-4-2-1-3-5-9/h1-6H,7-8H2. The van der Waals surface area contributed by atoms with Gasteiger partial charge in [-0.25, -0.2) is 0 Å². The van der Waals surface area contributed by atoms with Gasteiger partial charge in [0.2, 0.25) is 0 Å². The van der Waals surface area contributed by atoms with Gasteiger partial charge in [0.05, 0.1) is 6.61 Å². The Kier molecular flexibility index (Phi) is 2.12. The van der Waals surface area contributed by atoms with Crippen molar-refractivity contribution in [3.63, 3.8) is 0 Å². The minimum absolute atomic E-state index is 0.188. The smallest absolute Gasteiger partial charge is 0.174 e. The van der Waals surface area contributed by atoms with E-state index in [2.05, 4.69) is 0 Å². The van der Waals surface area contributed by atoms with Crippen molar-refractivity contribution in [1.29, 1.82) is 0 Å². The van der Waals surface area contributed by atoms with Gasteiger partial charge in [0.1, 0.15) is 6.79 Å². The van der Waals surface area contributed by atoms with Gasteiger partial charge < -0.3 is 9.47 Å². The van der Waals surface area contributed by atoms with E-state index in [1.165, 1.54) is 0 Å². The fourth-order valence-corrected chi connectivity index (χ4v) is 1.40. The van der Waals surface area contributed by atoms with Crippen LogP contribution < -0.4 is 0 Å². The van der Waals surface area contributed by atoms with E-state index in [0.29, 0.717) is 6.61 Å². The molecule has 13 heavy (non-hydrogen) atoms. The summed E-state index contributed by atoms with van der Waals surface area (Å²) in [7, 11) is 0. The van der Waals surface area contributed by atoms with Crippen LogP contribution in [-0.2, 0) is 19.9 Å². The number of hydrogen-bond acceptors (Lipinski definition) is 3. The minimum atomic E-state index is -0.874. The molecule has 0 bridgehead atoms. The first kappa shape index (κ1) is 8.41. The van der Waals surface area contributed by atoms with Crippen LogP contribution in [0.3, 0.4) is 0 Å². The Bertz CT molecular complexity index is 288. The average molecular weight is 178 g/mol. The van der Waals surface area contributed by atoms with Crippen molar-refractivity contribution in [2.24, 2.45) is 0 Å². The van der Waals surface area contributed by atoms with Crippen molar-refractivity contribution in [3.8, 4) is 0 Å². The molecule has 1 heterocycles. The summed E-state index contributed by atoms with van der Waals surface area (Å²) in [5, 5.41) is 0. The van der Waals surface area contributed by atoms with Gasteiger partial charge >= 0.3 is 0 Å². The lowest BCUT2D eigenvalue weighted by molar-refractivity contribution is -0.125. The average Bonchev–Trinajstić information content (AvgIpc) is 2.69. The van der Waals surface area contributed by atoms with Crippen molar-refractivity contribution in [2.75, 3.05) is 13.4 Å². The molecule has 1 atom stereocenters. The summed E-state index contributed by atoms with van der Waals surface area (Å²) in [6.07, 6.45) is 0.801. The van der Waals surface area contributed by atoms with Gasteiger partial charge in [-0.1, -0.05) is 30.3 Å². The molecule has 0 aliphatic carbocycles. The van der Waals surface area contributed by atoms with E-state index in [0.717, 1.165) is 11.8 Å². The van der Waals surface area contributed by atoms with Crippen LogP contribution in [0.5, 0.6) is 0 Å². The Balaban J connectivity index is 2.36. The van der Waals surface area contributed by atoms with Gasteiger partial charge in [-0.15, -0.1) is 0 Å². The molecule has 1 fully saturated rings. The first-order valence-electron chi connectivity index (χ1n) is 4.11. The molecule has 0 aromatic heterocycles. The summed E-state index contributed by atoms with van der Waals surface area (Å²) in [6, 6.07) is 9.38. The maximum Gasteiger partial charge on any atom is 0.174 e. The summed E-state index contributed by atoms with van der Waals surface area (Å²) < 4.78 is 10.3. The Morgan fingerprint density at radius 1 is 1.31 bits per heavy atom. The summed E-state index contributed by atoms with van der Waals surface area (Å²) in [4.78, 5) is 10.9. The van der Waals surface area contributed by atoms with Gasteiger partial charge in [0.15, 0.2) is 11.9 Å². The van der Waals surface area contributed by atoms with Gasteiger partial charge in [-0.2, -0.15) is 0 Å². The molecule has 1 aromatic rings. The molecule has 1 unspecified atom stereocenters. The fourth-order valence-electron chi connectivity index (χ4n) is 1.40. The van der Waals surface area contributed by atoms with E-state index in [4.69, 9.17) is 9.47 Å². The molecule has 0 amide bonds.